The van der Waals surface area contributed by atoms with E-state index in [4.69, 9.17) is 0 Å². The summed E-state index contributed by atoms with van der Waals surface area (Å²) in [4.78, 5) is 2.51. The predicted molar refractivity (Wildman–Crippen MR) is 65.8 cm³/mol. The summed E-state index contributed by atoms with van der Waals surface area (Å²) >= 11 is 0. The zero-order chi connectivity index (χ0) is 11.1. The molecular formula is C14H19NO. The summed E-state index contributed by atoms with van der Waals surface area (Å²) < 4.78 is 0. The number of aliphatic hydroxyl groups is 1. The Labute approximate surface area is 96.9 Å². The van der Waals surface area contributed by atoms with E-state index in [0.717, 1.165) is 12.6 Å². The minimum absolute atomic E-state index is 0.244. The highest BCUT2D eigenvalue weighted by Crippen LogP contribution is 2.42. The number of rotatable bonds is 2. The van der Waals surface area contributed by atoms with Gasteiger partial charge in [-0.2, -0.15) is 0 Å². The van der Waals surface area contributed by atoms with Crippen LogP contribution in [0.2, 0.25) is 0 Å². The molecule has 0 amide bonds. The Kier molecular flexibility index (Phi) is 2.40. The molecule has 1 aromatic carbocycles. The second-order valence-corrected chi connectivity index (χ2v) is 5.14. The number of anilines is 1. The van der Waals surface area contributed by atoms with E-state index in [1.54, 1.807) is 0 Å². The predicted octanol–water partition coefficient (Wildman–Crippen LogP) is 2.52. The van der Waals surface area contributed by atoms with Gasteiger partial charge in [0, 0.05) is 24.2 Å². The lowest BCUT2D eigenvalue weighted by Gasteiger charge is -2.37. The van der Waals surface area contributed by atoms with Crippen LogP contribution < -0.4 is 4.90 Å². The lowest BCUT2D eigenvalue weighted by Crippen LogP contribution is -2.40. The van der Waals surface area contributed by atoms with Gasteiger partial charge in [-0.25, -0.2) is 0 Å². The molecule has 1 aliphatic heterocycles. The van der Waals surface area contributed by atoms with E-state index in [1.165, 1.54) is 30.5 Å². The number of nitrogens with zero attached hydrogens (tertiary/aromatic N) is 1. The maximum Gasteiger partial charge on any atom is 0.0598 e. The van der Waals surface area contributed by atoms with Crippen LogP contribution in [0.15, 0.2) is 24.3 Å². The molecule has 1 saturated carbocycles. The third kappa shape index (κ3) is 1.44. The largest absolute Gasteiger partial charge is 0.393 e. The number of fused-ring (bicyclic) bond motifs is 1. The van der Waals surface area contributed by atoms with Gasteiger partial charge in [0.2, 0.25) is 0 Å². The van der Waals surface area contributed by atoms with Crippen LogP contribution in [0.3, 0.4) is 0 Å². The van der Waals surface area contributed by atoms with Gasteiger partial charge in [0.15, 0.2) is 0 Å². The van der Waals surface area contributed by atoms with Crippen molar-refractivity contribution in [3.05, 3.63) is 29.8 Å². The lowest BCUT2D eigenvalue weighted by molar-refractivity contribution is 0.165. The summed E-state index contributed by atoms with van der Waals surface area (Å²) in [5.74, 6) is 0.303. The van der Waals surface area contributed by atoms with E-state index in [1.807, 2.05) is 6.92 Å². The minimum Gasteiger partial charge on any atom is -0.393 e. The Morgan fingerprint density at radius 1 is 1.31 bits per heavy atom. The second kappa shape index (κ2) is 3.77. The van der Waals surface area contributed by atoms with Gasteiger partial charge in [-0.3, -0.25) is 0 Å². The van der Waals surface area contributed by atoms with Crippen LogP contribution in [0.5, 0.6) is 0 Å². The third-order valence-corrected chi connectivity index (χ3v) is 4.14. The van der Waals surface area contributed by atoms with E-state index < -0.39 is 0 Å². The fraction of sp³-hybridized carbons (Fsp3) is 0.571. The van der Waals surface area contributed by atoms with Crippen molar-refractivity contribution >= 4 is 5.69 Å². The van der Waals surface area contributed by atoms with Crippen molar-refractivity contribution in [2.75, 3.05) is 11.4 Å². The molecule has 0 radical (unpaired) electrons. The van der Waals surface area contributed by atoms with Crippen molar-refractivity contribution in [3.8, 4) is 0 Å². The first-order chi connectivity index (χ1) is 7.77. The van der Waals surface area contributed by atoms with E-state index in [0.29, 0.717) is 5.92 Å². The van der Waals surface area contributed by atoms with E-state index in [9.17, 15) is 5.11 Å². The molecule has 1 aliphatic carbocycles. The van der Waals surface area contributed by atoms with Crippen LogP contribution in [-0.2, 0) is 0 Å². The fourth-order valence-corrected chi connectivity index (χ4v) is 2.93. The Morgan fingerprint density at radius 2 is 2.06 bits per heavy atom. The molecule has 2 unspecified atom stereocenters. The first kappa shape index (κ1) is 10.2. The molecule has 2 nitrogen and oxygen atoms in total. The van der Waals surface area contributed by atoms with Gasteiger partial charge < -0.3 is 10.0 Å². The van der Waals surface area contributed by atoms with Gasteiger partial charge in [0.05, 0.1) is 6.10 Å². The normalized spacial score (nSPS) is 26.4. The van der Waals surface area contributed by atoms with Crippen molar-refractivity contribution in [2.24, 2.45) is 0 Å². The molecule has 1 aromatic rings. The lowest BCUT2D eigenvalue weighted by atomic mass is 9.91. The van der Waals surface area contributed by atoms with Gasteiger partial charge in [-0.15, -0.1) is 0 Å². The van der Waals surface area contributed by atoms with Crippen molar-refractivity contribution in [3.63, 3.8) is 0 Å². The molecule has 86 valence electrons. The van der Waals surface area contributed by atoms with E-state index in [2.05, 4.69) is 29.2 Å². The number of benzene rings is 1. The van der Waals surface area contributed by atoms with Crippen LogP contribution in [0.1, 0.15) is 37.7 Å². The average Bonchev–Trinajstić information content (AvgIpc) is 2.56. The fourth-order valence-electron chi connectivity index (χ4n) is 2.93. The van der Waals surface area contributed by atoms with Crippen molar-refractivity contribution < 1.29 is 5.11 Å². The van der Waals surface area contributed by atoms with Gasteiger partial charge in [0.25, 0.3) is 0 Å². The molecule has 2 aliphatic rings. The van der Waals surface area contributed by atoms with Gasteiger partial charge >= 0.3 is 0 Å². The Hall–Kier alpha value is -1.02. The van der Waals surface area contributed by atoms with Crippen molar-refractivity contribution in [1.29, 1.82) is 0 Å². The quantitative estimate of drug-likeness (QED) is 0.823. The van der Waals surface area contributed by atoms with E-state index >= 15 is 0 Å². The van der Waals surface area contributed by atoms with Gasteiger partial charge in [-0.1, -0.05) is 18.2 Å². The Balaban J connectivity index is 1.94. The number of hydrogen-bond acceptors (Lipinski definition) is 2. The molecule has 0 bridgehead atoms. The first-order valence-electron chi connectivity index (χ1n) is 6.31. The minimum atomic E-state index is -0.244. The van der Waals surface area contributed by atoms with Crippen LogP contribution in [0, 0.1) is 0 Å². The van der Waals surface area contributed by atoms with Crippen molar-refractivity contribution in [1.82, 2.24) is 0 Å². The second-order valence-electron chi connectivity index (χ2n) is 5.14. The maximum absolute atomic E-state index is 9.86. The smallest absolute Gasteiger partial charge is 0.0598 e. The molecule has 0 aromatic heterocycles. The molecule has 3 rings (SSSR count). The summed E-state index contributed by atoms with van der Waals surface area (Å²) in [7, 11) is 0. The van der Waals surface area contributed by atoms with Crippen LogP contribution >= 0.6 is 0 Å². The van der Waals surface area contributed by atoms with Crippen molar-refractivity contribution in [2.45, 2.75) is 44.2 Å². The molecule has 0 saturated heterocycles. The zero-order valence-electron chi connectivity index (χ0n) is 9.76. The summed E-state index contributed by atoms with van der Waals surface area (Å²) in [6.07, 6.45) is 3.76. The standard InChI is InChI=1S/C14H19NO/c1-10(16)13-9-15(11-5-4-6-11)14-8-3-2-7-12(13)14/h2-3,7-8,10-11,13,16H,4-6,9H2,1H3. The molecule has 1 N–H and O–H groups in total. The molecule has 2 atom stereocenters. The number of aliphatic hydroxyl groups excluding tert-OH is 1. The van der Waals surface area contributed by atoms with Gasteiger partial charge in [0.1, 0.15) is 0 Å². The molecule has 1 fully saturated rings. The molecule has 1 heterocycles. The monoisotopic (exact) mass is 217 g/mol. The summed E-state index contributed by atoms with van der Waals surface area (Å²) in [6.45, 7) is 2.91. The first-order valence-corrected chi connectivity index (χ1v) is 6.31. The number of hydrogen-bond donors (Lipinski definition) is 1. The molecule has 16 heavy (non-hydrogen) atoms. The zero-order valence-corrected chi connectivity index (χ0v) is 9.76. The van der Waals surface area contributed by atoms with Gasteiger partial charge in [-0.05, 0) is 37.8 Å². The molecule has 0 spiro atoms. The third-order valence-electron chi connectivity index (χ3n) is 4.14. The summed E-state index contributed by atoms with van der Waals surface area (Å²) in [5, 5.41) is 9.86. The SMILES string of the molecule is CC(O)C1CN(C2CCC2)c2ccccc21. The summed E-state index contributed by atoms with van der Waals surface area (Å²) in [6, 6.07) is 9.29. The van der Waals surface area contributed by atoms with Crippen LogP contribution in [0.4, 0.5) is 5.69 Å². The number of para-hydroxylation sites is 1. The highest BCUT2D eigenvalue weighted by Gasteiger charge is 2.36. The Bertz CT molecular complexity index is 384. The molecular weight excluding hydrogens is 198 g/mol. The van der Waals surface area contributed by atoms with Crippen LogP contribution in [-0.4, -0.2) is 23.8 Å². The molecule has 2 heteroatoms. The topological polar surface area (TPSA) is 23.5 Å². The maximum atomic E-state index is 9.86. The highest BCUT2D eigenvalue weighted by molar-refractivity contribution is 5.61. The Morgan fingerprint density at radius 3 is 2.69 bits per heavy atom. The van der Waals surface area contributed by atoms with E-state index in [-0.39, 0.29) is 6.10 Å². The van der Waals surface area contributed by atoms with Crippen LogP contribution in [0.25, 0.3) is 0 Å². The summed E-state index contributed by atoms with van der Waals surface area (Å²) in [5.41, 5.74) is 2.70. The average molecular weight is 217 g/mol. The highest BCUT2D eigenvalue weighted by atomic mass is 16.3.